The maximum atomic E-state index is 12.6. The zero-order valence-electron chi connectivity index (χ0n) is 14.8. The molecule has 25 heavy (non-hydrogen) atoms. The smallest absolute Gasteiger partial charge is 0.222 e. The lowest BCUT2D eigenvalue weighted by atomic mass is 9.89. The van der Waals surface area contributed by atoms with E-state index < -0.39 is 0 Å². The third-order valence-electron chi connectivity index (χ3n) is 5.44. The highest BCUT2D eigenvalue weighted by Crippen LogP contribution is 2.26. The number of carbonyl (C=O) groups is 3. The molecule has 0 saturated carbocycles. The number of rotatable bonds is 5. The van der Waals surface area contributed by atoms with Crippen LogP contribution in [0.3, 0.4) is 0 Å². The first-order valence-corrected chi connectivity index (χ1v) is 9.15. The van der Waals surface area contributed by atoms with Crippen LogP contribution in [0, 0.1) is 5.92 Å². The average Bonchev–Trinajstić information content (AvgIpc) is 2.99. The number of Topliss-reactive ketones (excluding diaryl/α,β-unsaturated/α-hetero) is 1. The summed E-state index contributed by atoms with van der Waals surface area (Å²) in [7, 11) is 0. The number of hydrogen-bond acceptors (Lipinski definition) is 3. The van der Waals surface area contributed by atoms with Gasteiger partial charge in [0.2, 0.25) is 11.8 Å². The summed E-state index contributed by atoms with van der Waals surface area (Å²) >= 11 is 0. The van der Waals surface area contributed by atoms with Gasteiger partial charge in [-0.15, -0.1) is 0 Å². The molecule has 2 unspecified atom stereocenters. The van der Waals surface area contributed by atoms with Gasteiger partial charge in [-0.25, -0.2) is 0 Å². The number of piperidine rings is 1. The maximum absolute atomic E-state index is 12.6. The first-order valence-electron chi connectivity index (χ1n) is 9.15. The summed E-state index contributed by atoms with van der Waals surface area (Å²) in [5.41, 5.74) is 0.463. The van der Waals surface area contributed by atoms with Gasteiger partial charge in [-0.2, -0.15) is 0 Å². The fraction of sp³-hybridized carbons (Fsp3) is 0.550. The molecule has 0 aromatic heterocycles. The zero-order valence-corrected chi connectivity index (χ0v) is 14.8. The van der Waals surface area contributed by atoms with Crippen LogP contribution in [0.1, 0.15) is 55.8 Å². The van der Waals surface area contributed by atoms with Crippen molar-refractivity contribution in [3.63, 3.8) is 0 Å². The van der Waals surface area contributed by atoms with Crippen molar-refractivity contribution in [2.45, 2.75) is 51.0 Å². The molecule has 2 aliphatic heterocycles. The summed E-state index contributed by atoms with van der Waals surface area (Å²) in [6, 6.07) is 9.32. The van der Waals surface area contributed by atoms with Crippen LogP contribution in [-0.2, 0) is 9.59 Å². The second kappa shape index (κ2) is 7.38. The number of hydrogen-bond donors (Lipinski definition) is 1. The van der Waals surface area contributed by atoms with E-state index in [0.717, 1.165) is 31.4 Å². The van der Waals surface area contributed by atoms with E-state index in [1.807, 2.05) is 42.2 Å². The first-order chi connectivity index (χ1) is 12.0. The highest BCUT2D eigenvalue weighted by Gasteiger charge is 2.34. The van der Waals surface area contributed by atoms with Gasteiger partial charge in [0.25, 0.3) is 0 Å². The second-order valence-electron chi connectivity index (χ2n) is 7.52. The van der Waals surface area contributed by atoms with E-state index in [1.54, 1.807) is 0 Å². The lowest BCUT2D eigenvalue weighted by Crippen LogP contribution is -2.44. The number of nitrogens with zero attached hydrogens (tertiary/aromatic N) is 1. The number of carbonyl (C=O) groups excluding carboxylic acids is 3. The van der Waals surface area contributed by atoms with Crippen LogP contribution >= 0.6 is 0 Å². The molecule has 134 valence electrons. The number of nitrogens with one attached hydrogen (secondary N) is 1. The van der Waals surface area contributed by atoms with Gasteiger partial charge in [0.1, 0.15) is 0 Å². The number of ketones is 1. The summed E-state index contributed by atoms with van der Waals surface area (Å²) < 4.78 is 0. The van der Waals surface area contributed by atoms with Gasteiger partial charge in [-0.3, -0.25) is 14.4 Å². The van der Waals surface area contributed by atoms with Gasteiger partial charge < -0.3 is 10.2 Å². The normalized spacial score (nSPS) is 26.4. The fourth-order valence-corrected chi connectivity index (χ4v) is 3.84. The SMILES string of the molecule is CC1(CCC(=O)N2CCCC(C(=O)c3ccccc3)C2)CCC(=O)N1. The highest BCUT2D eigenvalue weighted by molar-refractivity contribution is 5.98. The molecule has 2 fully saturated rings. The van der Waals surface area contributed by atoms with E-state index in [2.05, 4.69) is 5.32 Å². The van der Waals surface area contributed by atoms with Crippen LogP contribution < -0.4 is 5.32 Å². The molecule has 5 nitrogen and oxygen atoms in total. The Kier molecular flexibility index (Phi) is 5.21. The Bertz CT molecular complexity index is 658. The molecular weight excluding hydrogens is 316 g/mol. The molecule has 1 aromatic carbocycles. The van der Waals surface area contributed by atoms with Gasteiger partial charge in [-0.1, -0.05) is 30.3 Å². The molecule has 0 spiro atoms. The van der Waals surface area contributed by atoms with E-state index in [0.29, 0.717) is 25.8 Å². The number of likely N-dealkylation sites (tertiary alicyclic amines) is 1. The predicted molar refractivity (Wildman–Crippen MR) is 95.1 cm³/mol. The van der Waals surface area contributed by atoms with E-state index in [9.17, 15) is 14.4 Å². The van der Waals surface area contributed by atoms with Crippen LogP contribution in [-0.4, -0.2) is 41.1 Å². The summed E-state index contributed by atoms with van der Waals surface area (Å²) in [5, 5.41) is 2.97. The second-order valence-corrected chi connectivity index (χ2v) is 7.52. The maximum Gasteiger partial charge on any atom is 0.222 e. The topological polar surface area (TPSA) is 66.5 Å². The van der Waals surface area contributed by atoms with Crippen molar-refractivity contribution in [3.8, 4) is 0 Å². The Balaban J connectivity index is 1.55. The largest absolute Gasteiger partial charge is 0.351 e. The summed E-state index contributed by atoms with van der Waals surface area (Å²) in [6.07, 6.45) is 4.11. The minimum absolute atomic E-state index is 0.0708. The lowest BCUT2D eigenvalue weighted by molar-refractivity contribution is -0.133. The van der Waals surface area contributed by atoms with Crippen LogP contribution in [0.25, 0.3) is 0 Å². The van der Waals surface area contributed by atoms with Crippen LogP contribution in [0.15, 0.2) is 30.3 Å². The summed E-state index contributed by atoms with van der Waals surface area (Å²) in [4.78, 5) is 38.5. The van der Waals surface area contributed by atoms with Crippen LogP contribution in [0.5, 0.6) is 0 Å². The monoisotopic (exact) mass is 342 g/mol. The fourth-order valence-electron chi connectivity index (χ4n) is 3.84. The molecule has 3 rings (SSSR count). The minimum atomic E-state index is -0.262. The van der Waals surface area contributed by atoms with E-state index in [4.69, 9.17) is 0 Å². The van der Waals surface area contributed by atoms with Gasteiger partial charge in [-0.05, 0) is 32.6 Å². The molecule has 0 bridgehead atoms. The molecule has 2 amide bonds. The van der Waals surface area contributed by atoms with Crippen molar-refractivity contribution in [3.05, 3.63) is 35.9 Å². The Morgan fingerprint density at radius 1 is 1.28 bits per heavy atom. The molecule has 2 atom stereocenters. The standard InChI is InChI=1S/C20H26N2O3/c1-20(11-9-17(23)21-20)12-10-18(24)22-13-5-8-16(14-22)19(25)15-6-3-2-4-7-15/h2-4,6-7,16H,5,8-14H2,1H3,(H,21,23). The van der Waals surface area contributed by atoms with E-state index >= 15 is 0 Å². The van der Waals surface area contributed by atoms with Gasteiger partial charge >= 0.3 is 0 Å². The Morgan fingerprint density at radius 2 is 2.04 bits per heavy atom. The zero-order chi connectivity index (χ0) is 17.9. The number of benzene rings is 1. The molecule has 2 aliphatic rings. The van der Waals surface area contributed by atoms with Gasteiger partial charge in [0, 0.05) is 43.0 Å². The van der Waals surface area contributed by atoms with Gasteiger partial charge in [0.05, 0.1) is 0 Å². The van der Waals surface area contributed by atoms with Crippen molar-refractivity contribution in [2.24, 2.45) is 5.92 Å². The summed E-state index contributed by atoms with van der Waals surface area (Å²) in [6.45, 7) is 3.24. The molecule has 2 saturated heterocycles. The molecule has 1 N–H and O–H groups in total. The van der Waals surface area contributed by atoms with Crippen molar-refractivity contribution in [1.82, 2.24) is 10.2 Å². The third kappa shape index (κ3) is 4.27. The van der Waals surface area contributed by atoms with Crippen molar-refractivity contribution < 1.29 is 14.4 Å². The van der Waals surface area contributed by atoms with Crippen molar-refractivity contribution >= 4 is 17.6 Å². The Labute approximate surface area is 148 Å². The molecule has 5 heteroatoms. The van der Waals surface area contributed by atoms with Gasteiger partial charge in [0.15, 0.2) is 5.78 Å². The molecule has 1 aromatic rings. The Morgan fingerprint density at radius 3 is 2.72 bits per heavy atom. The van der Waals surface area contributed by atoms with Crippen molar-refractivity contribution in [2.75, 3.05) is 13.1 Å². The number of amides is 2. The molecule has 0 radical (unpaired) electrons. The third-order valence-corrected chi connectivity index (χ3v) is 5.44. The first kappa shape index (κ1) is 17.6. The predicted octanol–water partition coefficient (Wildman–Crippen LogP) is 2.56. The Hall–Kier alpha value is -2.17. The minimum Gasteiger partial charge on any atom is -0.351 e. The average molecular weight is 342 g/mol. The molecular formula is C20H26N2O3. The lowest BCUT2D eigenvalue weighted by Gasteiger charge is -2.33. The van der Waals surface area contributed by atoms with Crippen molar-refractivity contribution in [1.29, 1.82) is 0 Å². The molecule has 0 aliphatic carbocycles. The van der Waals surface area contributed by atoms with Crippen LogP contribution in [0.4, 0.5) is 0 Å². The quantitative estimate of drug-likeness (QED) is 0.836. The molecule has 2 heterocycles. The van der Waals surface area contributed by atoms with E-state index in [1.165, 1.54) is 0 Å². The van der Waals surface area contributed by atoms with E-state index in [-0.39, 0.29) is 29.1 Å². The highest BCUT2D eigenvalue weighted by atomic mass is 16.2. The summed E-state index contributed by atoms with van der Waals surface area (Å²) in [5.74, 6) is 0.185. The van der Waals surface area contributed by atoms with Crippen LogP contribution in [0.2, 0.25) is 0 Å².